The van der Waals surface area contributed by atoms with Crippen molar-refractivity contribution in [2.75, 3.05) is 6.54 Å². The van der Waals surface area contributed by atoms with Crippen LogP contribution in [-0.2, 0) is 4.74 Å². The van der Waals surface area contributed by atoms with E-state index in [1.54, 1.807) is 4.90 Å². The number of likely N-dealkylation sites (tertiary alicyclic amines) is 1. The molecule has 2 heterocycles. The number of ether oxygens (including phenoxy) is 1. The lowest BCUT2D eigenvalue weighted by atomic mass is 10.1. The maximum Gasteiger partial charge on any atom is 0.410 e. The third-order valence-corrected chi connectivity index (χ3v) is 4.74. The Labute approximate surface area is 139 Å². The van der Waals surface area contributed by atoms with Gasteiger partial charge in [-0.2, -0.15) is 0 Å². The lowest BCUT2D eigenvalue weighted by molar-refractivity contribution is 0.0222. The fraction of sp³-hybridized carbons (Fsp3) is 0.471. The topological polar surface area (TPSA) is 59.5 Å². The van der Waals surface area contributed by atoms with Gasteiger partial charge in [0.2, 0.25) is 5.78 Å². The number of thiazole rings is 1. The first-order valence-corrected chi connectivity index (χ1v) is 8.56. The summed E-state index contributed by atoms with van der Waals surface area (Å²) in [6.07, 6.45) is 1.05. The highest BCUT2D eigenvalue weighted by Crippen LogP contribution is 2.28. The van der Waals surface area contributed by atoms with Crippen LogP contribution in [0.4, 0.5) is 4.79 Å². The first kappa shape index (κ1) is 15.9. The molecule has 0 radical (unpaired) electrons. The van der Waals surface area contributed by atoms with Gasteiger partial charge < -0.3 is 4.74 Å². The van der Waals surface area contributed by atoms with Gasteiger partial charge in [0, 0.05) is 6.54 Å². The molecule has 1 saturated heterocycles. The molecule has 23 heavy (non-hydrogen) atoms. The van der Waals surface area contributed by atoms with E-state index in [2.05, 4.69) is 4.98 Å². The summed E-state index contributed by atoms with van der Waals surface area (Å²) in [7, 11) is 0. The van der Waals surface area contributed by atoms with Gasteiger partial charge in [0.25, 0.3) is 0 Å². The molecule has 1 aliphatic heterocycles. The molecule has 5 nitrogen and oxygen atoms in total. The molecule has 1 atom stereocenters. The maximum absolute atomic E-state index is 12.8. The largest absolute Gasteiger partial charge is 0.444 e. The Morgan fingerprint density at radius 2 is 2.04 bits per heavy atom. The summed E-state index contributed by atoms with van der Waals surface area (Å²) in [5.41, 5.74) is 0.256. The number of para-hydroxylation sites is 1. The molecular weight excluding hydrogens is 312 g/mol. The van der Waals surface area contributed by atoms with Crippen LogP contribution < -0.4 is 0 Å². The third-order valence-electron chi connectivity index (χ3n) is 3.69. The van der Waals surface area contributed by atoms with E-state index in [0.717, 1.165) is 16.6 Å². The first-order chi connectivity index (χ1) is 10.8. The van der Waals surface area contributed by atoms with Gasteiger partial charge in [-0.15, -0.1) is 11.3 Å². The van der Waals surface area contributed by atoms with Crippen LogP contribution in [0.5, 0.6) is 0 Å². The second-order valence-corrected chi connectivity index (χ2v) is 7.71. The minimum Gasteiger partial charge on any atom is -0.444 e. The summed E-state index contributed by atoms with van der Waals surface area (Å²) < 4.78 is 6.40. The Morgan fingerprint density at radius 3 is 2.74 bits per heavy atom. The predicted octanol–water partition coefficient (Wildman–Crippen LogP) is 3.88. The van der Waals surface area contributed by atoms with Gasteiger partial charge in [-0.3, -0.25) is 9.69 Å². The molecule has 2 aromatic rings. The van der Waals surface area contributed by atoms with E-state index in [4.69, 9.17) is 4.74 Å². The lowest BCUT2D eigenvalue weighted by Gasteiger charge is -2.27. The van der Waals surface area contributed by atoms with E-state index in [1.165, 1.54) is 11.3 Å². The summed E-state index contributed by atoms with van der Waals surface area (Å²) in [5, 5.41) is 0.464. The molecule has 122 valence electrons. The molecule has 1 fully saturated rings. The Balaban J connectivity index is 1.81. The van der Waals surface area contributed by atoms with E-state index < -0.39 is 17.7 Å². The first-order valence-electron chi connectivity index (χ1n) is 7.74. The van der Waals surface area contributed by atoms with Crippen molar-refractivity contribution < 1.29 is 14.3 Å². The number of amides is 1. The molecule has 0 spiro atoms. The summed E-state index contributed by atoms with van der Waals surface area (Å²) in [4.78, 5) is 31.1. The van der Waals surface area contributed by atoms with Gasteiger partial charge in [-0.05, 0) is 45.7 Å². The number of aromatic nitrogens is 1. The molecule has 3 rings (SSSR count). The van der Waals surface area contributed by atoms with Crippen LogP contribution in [0.3, 0.4) is 0 Å². The average Bonchev–Trinajstić information content (AvgIpc) is 3.11. The van der Waals surface area contributed by atoms with Crippen molar-refractivity contribution in [3.05, 3.63) is 29.3 Å². The van der Waals surface area contributed by atoms with Crippen LogP contribution in [0.2, 0.25) is 0 Å². The SMILES string of the molecule is CC(C)(C)OC(=O)N1CCC[C@H]1C(=O)c1nc2ccccc2s1. The van der Waals surface area contributed by atoms with Crippen LogP contribution in [0.1, 0.15) is 43.4 Å². The number of carbonyl (C=O) groups is 2. The number of benzene rings is 1. The predicted molar refractivity (Wildman–Crippen MR) is 89.9 cm³/mol. The average molecular weight is 332 g/mol. The van der Waals surface area contributed by atoms with E-state index in [0.29, 0.717) is 18.0 Å². The van der Waals surface area contributed by atoms with E-state index >= 15 is 0 Å². The van der Waals surface area contributed by atoms with Gasteiger partial charge in [-0.25, -0.2) is 9.78 Å². The second kappa shape index (κ2) is 5.92. The van der Waals surface area contributed by atoms with Crippen LogP contribution in [0.15, 0.2) is 24.3 Å². The Morgan fingerprint density at radius 1 is 1.30 bits per heavy atom. The van der Waals surface area contributed by atoms with Gasteiger partial charge in [0.05, 0.1) is 10.2 Å². The van der Waals surface area contributed by atoms with Crippen LogP contribution in [-0.4, -0.2) is 39.9 Å². The van der Waals surface area contributed by atoms with Crippen molar-refractivity contribution in [1.82, 2.24) is 9.88 Å². The highest BCUT2D eigenvalue weighted by molar-refractivity contribution is 7.20. The van der Waals surface area contributed by atoms with Gasteiger partial charge >= 0.3 is 6.09 Å². The third kappa shape index (κ3) is 3.37. The van der Waals surface area contributed by atoms with Crippen molar-refractivity contribution in [3.63, 3.8) is 0 Å². The smallest absolute Gasteiger partial charge is 0.410 e. The zero-order valence-corrected chi connectivity index (χ0v) is 14.4. The fourth-order valence-corrected chi connectivity index (χ4v) is 3.65. The van der Waals surface area contributed by atoms with Crippen molar-refractivity contribution in [2.45, 2.75) is 45.3 Å². The Hall–Kier alpha value is -1.95. The summed E-state index contributed by atoms with van der Waals surface area (Å²) in [6, 6.07) is 7.20. The number of fused-ring (bicyclic) bond motifs is 1. The minimum atomic E-state index is -0.566. The molecule has 1 amide bonds. The molecule has 0 bridgehead atoms. The summed E-state index contributed by atoms with van der Waals surface area (Å²) in [6.45, 7) is 6.03. The Bertz CT molecular complexity index is 715. The Kier molecular flexibility index (Phi) is 4.10. The molecule has 0 unspecified atom stereocenters. The summed E-state index contributed by atoms with van der Waals surface area (Å²) >= 11 is 1.38. The number of hydrogen-bond donors (Lipinski definition) is 0. The minimum absolute atomic E-state index is 0.0884. The molecule has 0 N–H and O–H groups in total. The fourth-order valence-electron chi connectivity index (χ4n) is 2.70. The highest BCUT2D eigenvalue weighted by atomic mass is 32.1. The van der Waals surface area contributed by atoms with Crippen LogP contribution in [0, 0.1) is 0 Å². The second-order valence-electron chi connectivity index (χ2n) is 6.68. The molecule has 6 heteroatoms. The monoisotopic (exact) mass is 332 g/mol. The van der Waals surface area contributed by atoms with Crippen molar-refractivity contribution in [1.29, 1.82) is 0 Å². The van der Waals surface area contributed by atoms with Gasteiger partial charge in [0.1, 0.15) is 11.6 Å². The molecule has 1 aromatic heterocycles. The highest BCUT2D eigenvalue weighted by Gasteiger charge is 2.38. The van der Waals surface area contributed by atoms with Gasteiger partial charge in [0.15, 0.2) is 5.01 Å². The van der Waals surface area contributed by atoms with E-state index in [1.807, 2.05) is 45.0 Å². The van der Waals surface area contributed by atoms with E-state index in [9.17, 15) is 9.59 Å². The molecule has 1 aromatic carbocycles. The molecular formula is C17H20N2O3S. The zero-order valence-electron chi connectivity index (χ0n) is 13.5. The quantitative estimate of drug-likeness (QED) is 0.783. The number of rotatable bonds is 2. The van der Waals surface area contributed by atoms with Crippen LogP contribution >= 0.6 is 11.3 Å². The number of hydrogen-bond acceptors (Lipinski definition) is 5. The maximum atomic E-state index is 12.8. The number of carbonyl (C=O) groups excluding carboxylic acids is 2. The number of nitrogens with zero attached hydrogens (tertiary/aromatic N) is 2. The van der Waals surface area contributed by atoms with Crippen molar-refractivity contribution in [2.24, 2.45) is 0 Å². The number of Topliss-reactive ketones (excluding diaryl/α,β-unsaturated/α-hetero) is 1. The molecule has 1 aliphatic rings. The normalized spacial score (nSPS) is 18.4. The van der Waals surface area contributed by atoms with E-state index in [-0.39, 0.29) is 5.78 Å². The molecule has 0 aliphatic carbocycles. The number of ketones is 1. The standard InChI is InChI=1S/C17H20N2O3S/c1-17(2,3)22-16(21)19-10-6-8-12(19)14(20)15-18-11-7-4-5-9-13(11)23-15/h4-5,7,9,12H,6,8,10H2,1-3H3/t12-/m0/s1. The van der Waals surface area contributed by atoms with Gasteiger partial charge in [-0.1, -0.05) is 12.1 Å². The van der Waals surface area contributed by atoms with Crippen LogP contribution in [0.25, 0.3) is 10.2 Å². The lowest BCUT2D eigenvalue weighted by Crippen LogP contribution is -2.43. The summed E-state index contributed by atoms with van der Waals surface area (Å²) in [5.74, 6) is -0.0884. The zero-order chi connectivity index (χ0) is 16.6. The molecule has 0 saturated carbocycles. The van der Waals surface area contributed by atoms with Crippen molar-refractivity contribution in [3.8, 4) is 0 Å². The van der Waals surface area contributed by atoms with Crippen molar-refractivity contribution >= 4 is 33.4 Å².